The smallest absolute Gasteiger partial charge is 0.0484 e. The van der Waals surface area contributed by atoms with Gasteiger partial charge in [-0.25, -0.2) is 0 Å². The van der Waals surface area contributed by atoms with Crippen molar-refractivity contribution in [2.24, 2.45) is 0 Å². The maximum absolute atomic E-state index is 5.56. The molecule has 0 saturated carbocycles. The van der Waals surface area contributed by atoms with Crippen molar-refractivity contribution in [1.29, 1.82) is 0 Å². The lowest BCUT2D eigenvalue weighted by molar-refractivity contribution is -0.0517. The van der Waals surface area contributed by atoms with Crippen LogP contribution in [0.1, 0.15) is 38.5 Å². The predicted octanol–water partition coefficient (Wildman–Crippen LogP) is 1.38. The van der Waals surface area contributed by atoms with Crippen LogP contribution in [0.5, 0.6) is 0 Å². The van der Waals surface area contributed by atoms with E-state index in [4.69, 9.17) is 4.74 Å². The lowest BCUT2D eigenvalue weighted by Crippen LogP contribution is -2.60. The average molecular weight is 224 g/mol. The first kappa shape index (κ1) is 11.0. The van der Waals surface area contributed by atoms with Gasteiger partial charge in [0.05, 0.1) is 0 Å². The van der Waals surface area contributed by atoms with Gasteiger partial charge < -0.3 is 10.1 Å². The van der Waals surface area contributed by atoms with Crippen LogP contribution in [0.15, 0.2) is 0 Å². The first-order chi connectivity index (χ1) is 7.91. The zero-order chi connectivity index (χ0) is 10.8. The molecule has 0 radical (unpaired) electrons. The maximum atomic E-state index is 5.56. The molecule has 3 nitrogen and oxygen atoms in total. The van der Waals surface area contributed by atoms with Crippen molar-refractivity contribution in [3.63, 3.8) is 0 Å². The Hall–Kier alpha value is -0.120. The summed E-state index contributed by atoms with van der Waals surface area (Å²) in [6.45, 7) is 5.65. The van der Waals surface area contributed by atoms with Crippen molar-refractivity contribution < 1.29 is 4.74 Å². The number of hydrogen-bond acceptors (Lipinski definition) is 3. The fraction of sp³-hybridized carbons (Fsp3) is 1.00. The zero-order valence-electron chi connectivity index (χ0n) is 10.2. The summed E-state index contributed by atoms with van der Waals surface area (Å²) in [5.41, 5.74) is 0.430. The summed E-state index contributed by atoms with van der Waals surface area (Å²) in [6.07, 6.45) is 8.08. The van der Waals surface area contributed by atoms with E-state index in [1.165, 1.54) is 58.2 Å². The molecule has 1 atom stereocenters. The fourth-order valence-corrected chi connectivity index (χ4v) is 3.83. The van der Waals surface area contributed by atoms with Crippen LogP contribution in [0.3, 0.4) is 0 Å². The van der Waals surface area contributed by atoms with Crippen molar-refractivity contribution >= 4 is 0 Å². The van der Waals surface area contributed by atoms with Crippen molar-refractivity contribution in [2.45, 2.75) is 50.1 Å². The predicted molar refractivity (Wildman–Crippen MR) is 64.6 cm³/mol. The quantitative estimate of drug-likeness (QED) is 0.673. The second-order valence-corrected chi connectivity index (χ2v) is 5.65. The number of piperidine rings is 1. The Morgan fingerprint density at radius 1 is 1.12 bits per heavy atom. The molecule has 0 aromatic carbocycles. The van der Waals surface area contributed by atoms with Gasteiger partial charge in [-0.3, -0.25) is 4.90 Å². The van der Waals surface area contributed by atoms with Crippen LogP contribution in [0, 0.1) is 0 Å². The lowest BCUT2D eigenvalue weighted by Gasteiger charge is -2.50. The Labute approximate surface area is 98.5 Å². The van der Waals surface area contributed by atoms with E-state index in [2.05, 4.69) is 10.2 Å². The van der Waals surface area contributed by atoms with Gasteiger partial charge in [0.25, 0.3) is 0 Å². The molecule has 1 unspecified atom stereocenters. The van der Waals surface area contributed by atoms with Gasteiger partial charge in [-0.2, -0.15) is 0 Å². The molecule has 3 heterocycles. The summed E-state index contributed by atoms with van der Waals surface area (Å²) in [6, 6.07) is 0.849. The normalized spacial score (nSPS) is 35.6. The minimum Gasteiger partial charge on any atom is -0.381 e. The topological polar surface area (TPSA) is 24.5 Å². The third kappa shape index (κ3) is 1.89. The number of nitrogens with zero attached hydrogens (tertiary/aromatic N) is 1. The molecule has 0 aliphatic carbocycles. The van der Waals surface area contributed by atoms with E-state index in [1.807, 2.05) is 0 Å². The molecule has 3 rings (SSSR count). The van der Waals surface area contributed by atoms with Crippen LogP contribution >= 0.6 is 0 Å². The number of ether oxygens (including phenoxy) is 1. The van der Waals surface area contributed by atoms with Gasteiger partial charge in [-0.1, -0.05) is 6.42 Å². The van der Waals surface area contributed by atoms with Crippen LogP contribution in [-0.2, 0) is 4.74 Å². The molecule has 0 amide bonds. The Bertz CT molecular complexity index is 238. The van der Waals surface area contributed by atoms with Gasteiger partial charge >= 0.3 is 0 Å². The largest absolute Gasteiger partial charge is 0.381 e. The van der Waals surface area contributed by atoms with E-state index >= 15 is 0 Å². The summed E-state index contributed by atoms with van der Waals surface area (Å²) < 4.78 is 5.56. The highest BCUT2D eigenvalue weighted by Gasteiger charge is 2.43. The van der Waals surface area contributed by atoms with Crippen LogP contribution in [0.2, 0.25) is 0 Å². The van der Waals surface area contributed by atoms with Gasteiger partial charge in [-0.05, 0) is 45.2 Å². The van der Waals surface area contributed by atoms with E-state index in [-0.39, 0.29) is 0 Å². The number of rotatable bonds is 0. The molecule has 3 heteroatoms. The van der Waals surface area contributed by atoms with Crippen molar-refractivity contribution in [3.8, 4) is 0 Å². The summed E-state index contributed by atoms with van der Waals surface area (Å²) in [5, 5.41) is 3.67. The van der Waals surface area contributed by atoms with Gasteiger partial charge in [0.1, 0.15) is 0 Å². The van der Waals surface area contributed by atoms with Crippen LogP contribution in [0.25, 0.3) is 0 Å². The van der Waals surface area contributed by atoms with Crippen LogP contribution < -0.4 is 5.32 Å². The SMILES string of the molecule is C1CCN2C(C1)CCNCC21CCOCC1. The van der Waals surface area contributed by atoms with Gasteiger partial charge in [0, 0.05) is 31.3 Å². The van der Waals surface area contributed by atoms with E-state index in [9.17, 15) is 0 Å². The van der Waals surface area contributed by atoms with Gasteiger partial charge in [-0.15, -0.1) is 0 Å². The molecule has 1 N–H and O–H groups in total. The number of hydrogen-bond donors (Lipinski definition) is 1. The van der Waals surface area contributed by atoms with E-state index < -0.39 is 0 Å². The summed E-state index contributed by atoms with van der Waals surface area (Å²) >= 11 is 0. The number of nitrogens with one attached hydrogen (secondary N) is 1. The van der Waals surface area contributed by atoms with E-state index in [0.717, 1.165) is 19.3 Å². The third-order valence-corrected chi connectivity index (χ3v) is 4.77. The summed E-state index contributed by atoms with van der Waals surface area (Å²) in [4.78, 5) is 2.85. The first-order valence-corrected chi connectivity index (χ1v) is 6.96. The lowest BCUT2D eigenvalue weighted by atomic mass is 9.84. The molecule has 0 aromatic rings. The Morgan fingerprint density at radius 2 is 2.00 bits per heavy atom. The molecule has 1 spiro atoms. The van der Waals surface area contributed by atoms with E-state index in [0.29, 0.717) is 5.54 Å². The molecule has 3 saturated heterocycles. The second kappa shape index (κ2) is 4.63. The molecule has 16 heavy (non-hydrogen) atoms. The van der Waals surface area contributed by atoms with Crippen molar-refractivity contribution in [2.75, 3.05) is 32.8 Å². The molecule has 0 aromatic heterocycles. The zero-order valence-corrected chi connectivity index (χ0v) is 10.2. The summed E-state index contributed by atoms with van der Waals surface area (Å²) in [7, 11) is 0. The fourth-order valence-electron chi connectivity index (χ4n) is 3.83. The second-order valence-electron chi connectivity index (χ2n) is 5.65. The van der Waals surface area contributed by atoms with Crippen LogP contribution in [0.4, 0.5) is 0 Å². The monoisotopic (exact) mass is 224 g/mol. The van der Waals surface area contributed by atoms with Gasteiger partial charge in [0.15, 0.2) is 0 Å². The average Bonchev–Trinajstić information content (AvgIpc) is 2.52. The Balaban J connectivity index is 1.82. The van der Waals surface area contributed by atoms with Gasteiger partial charge in [0.2, 0.25) is 0 Å². The Morgan fingerprint density at radius 3 is 2.88 bits per heavy atom. The molecule has 3 aliphatic heterocycles. The standard InChI is InChI=1S/C13H24N2O/c1-2-8-15-12(3-1)4-7-14-11-13(15)5-9-16-10-6-13/h12,14H,1-11H2. The molecular formula is C13H24N2O. The highest BCUT2D eigenvalue weighted by atomic mass is 16.5. The molecule has 3 fully saturated rings. The first-order valence-electron chi connectivity index (χ1n) is 6.96. The highest BCUT2D eigenvalue weighted by Crippen LogP contribution is 2.35. The highest BCUT2D eigenvalue weighted by molar-refractivity contribution is 5.00. The maximum Gasteiger partial charge on any atom is 0.0484 e. The minimum absolute atomic E-state index is 0.430. The minimum atomic E-state index is 0.430. The number of fused-ring (bicyclic) bond motifs is 2. The van der Waals surface area contributed by atoms with Crippen molar-refractivity contribution in [3.05, 3.63) is 0 Å². The molecule has 3 aliphatic rings. The van der Waals surface area contributed by atoms with Crippen LogP contribution in [-0.4, -0.2) is 49.3 Å². The molecule has 92 valence electrons. The third-order valence-electron chi connectivity index (χ3n) is 4.77. The Kier molecular flexibility index (Phi) is 3.18. The summed E-state index contributed by atoms with van der Waals surface area (Å²) in [5.74, 6) is 0. The molecule has 0 bridgehead atoms. The molecular weight excluding hydrogens is 200 g/mol. The van der Waals surface area contributed by atoms with Crippen molar-refractivity contribution in [1.82, 2.24) is 10.2 Å². The van der Waals surface area contributed by atoms with E-state index in [1.54, 1.807) is 0 Å².